The fourth-order valence-electron chi connectivity index (χ4n) is 4.46. The number of hydrogen-bond donors (Lipinski definition) is 2. The summed E-state index contributed by atoms with van der Waals surface area (Å²) in [5.74, 6) is 0.896. The van der Waals surface area contributed by atoms with Crippen molar-refractivity contribution in [3.63, 3.8) is 0 Å². The zero-order valence-electron chi connectivity index (χ0n) is 23.5. The molecule has 0 unspecified atom stereocenters. The summed E-state index contributed by atoms with van der Waals surface area (Å²) < 4.78 is 0. The van der Waals surface area contributed by atoms with E-state index in [-0.39, 0.29) is 9.52 Å². The van der Waals surface area contributed by atoms with Gasteiger partial charge < -0.3 is 10.2 Å². The van der Waals surface area contributed by atoms with Crippen molar-refractivity contribution in [3.8, 4) is 11.5 Å². The first-order chi connectivity index (χ1) is 16.3. The molecular formula is C31H46O2Si2. The minimum atomic E-state index is -0.951. The third-order valence-electron chi connectivity index (χ3n) is 6.89. The smallest absolute Gasteiger partial charge is 0.121 e. The maximum atomic E-state index is 9.81. The van der Waals surface area contributed by atoms with Crippen LogP contribution in [0.15, 0.2) is 42.5 Å². The van der Waals surface area contributed by atoms with Crippen LogP contribution in [0.25, 0.3) is 0 Å². The minimum Gasteiger partial charge on any atom is -0.507 e. The Balaban J connectivity index is 0.000000258. The maximum absolute atomic E-state index is 9.81. The lowest BCUT2D eigenvalue weighted by Crippen LogP contribution is -2.19. The van der Waals surface area contributed by atoms with Crippen molar-refractivity contribution in [2.75, 3.05) is 0 Å². The summed E-state index contributed by atoms with van der Waals surface area (Å²) >= 11 is 0. The van der Waals surface area contributed by atoms with Crippen molar-refractivity contribution in [3.05, 3.63) is 87.0 Å². The predicted molar refractivity (Wildman–Crippen MR) is 160 cm³/mol. The summed E-state index contributed by atoms with van der Waals surface area (Å²) in [7, 11) is -1.15. The molecule has 0 bridgehead atoms. The van der Waals surface area contributed by atoms with E-state index >= 15 is 0 Å². The number of phenolic OH excluding ortho intramolecular Hbond substituents is 2. The number of benzene rings is 3. The van der Waals surface area contributed by atoms with Crippen molar-refractivity contribution >= 4 is 22.8 Å². The molecule has 0 aliphatic carbocycles. The van der Waals surface area contributed by atoms with Gasteiger partial charge in [-0.3, -0.25) is 0 Å². The van der Waals surface area contributed by atoms with Gasteiger partial charge in [-0.15, -0.1) is 0 Å². The van der Waals surface area contributed by atoms with E-state index in [9.17, 15) is 10.2 Å². The molecule has 0 spiro atoms. The van der Waals surface area contributed by atoms with Crippen LogP contribution in [0.4, 0.5) is 0 Å². The third-order valence-corrected chi connectivity index (χ3v) is 10.7. The molecule has 2 nitrogen and oxygen atoms in total. The molecule has 0 fully saturated rings. The number of aromatic hydroxyl groups is 2. The Bertz CT molecular complexity index is 1100. The molecule has 0 saturated carbocycles. The van der Waals surface area contributed by atoms with Crippen LogP contribution >= 0.6 is 0 Å². The van der Waals surface area contributed by atoms with Gasteiger partial charge in [-0.1, -0.05) is 79.4 Å². The standard InChI is InChI=1S/C18H24OSi.C13H22OSi/c1-12-6-5-7-17(15(12)4)20-9-8-16-10-13(2)18(19)14(3)11-16;1-10-8-12(6-7-15(3,4)5)9-11(2)13(10)14/h5-7,10-11,19H,8-9,20H2,1-4H3;8-9,14H,6-7H2,1-5H3. The average molecular weight is 507 g/mol. The SMILES string of the molecule is Cc1cc(CC[Si](C)(C)C)cc(C)c1O.Cc1cccc([SiH2]CCc2cc(C)c(O)c(C)c2)c1C. The lowest BCUT2D eigenvalue weighted by Gasteiger charge is -2.16. The van der Waals surface area contributed by atoms with Gasteiger partial charge in [0.05, 0.1) is 9.52 Å². The molecule has 3 aromatic rings. The molecule has 0 aromatic heterocycles. The van der Waals surface area contributed by atoms with Gasteiger partial charge >= 0.3 is 0 Å². The summed E-state index contributed by atoms with van der Waals surface area (Å²) in [5, 5.41) is 21.1. The van der Waals surface area contributed by atoms with E-state index in [0.29, 0.717) is 11.5 Å². The van der Waals surface area contributed by atoms with Crippen LogP contribution in [0, 0.1) is 41.5 Å². The van der Waals surface area contributed by atoms with Crippen LogP contribution in [0.1, 0.15) is 44.5 Å². The number of aryl methyl sites for hydroxylation is 7. The summed E-state index contributed by atoms with van der Waals surface area (Å²) in [6.45, 7) is 19.5. The number of phenols is 2. The van der Waals surface area contributed by atoms with Gasteiger partial charge in [0.2, 0.25) is 0 Å². The highest BCUT2D eigenvalue weighted by Crippen LogP contribution is 2.25. The van der Waals surface area contributed by atoms with E-state index in [1.54, 1.807) is 5.19 Å². The molecule has 0 atom stereocenters. The third kappa shape index (κ3) is 9.01. The van der Waals surface area contributed by atoms with Crippen LogP contribution in [0.3, 0.4) is 0 Å². The molecule has 3 rings (SSSR count). The molecule has 0 heterocycles. The Morgan fingerprint density at radius 2 is 1.11 bits per heavy atom. The molecule has 0 aliphatic heterocycles. The molecule has 35 heavy (non-hydrogen) atoms. The fraction of sp³-hybridized carbons (Fsp3) is 0.419. The molecule has 0 radical (unpaired) electrons. The average Bonchev–Trinajstić information content (AvgIpc) is 2.77. The van der Waals surface area contributed by atoms with Crippen molar-refractivity contribution in [1.82, 2.24) is 0 Å². The van der Waals surface area contributed by atoms with Gasteiger partial charge in [-0.2, -0.15) is 0 Å². The minimum absolute atomic E-state index is 0.202. The normalized spacial score (nSPS) is 11.6. The topological polar surface area (TPSA) is 40.5 Å². The van der Waals surface area contributed by atoms with Crippen molar-refractivity contribution in [2.45, 2.75) is 86.1 Å². The van der Waals surface area contributed by atoms with E-state index in [1.165, 1.54) is 34.3 Å². The lowest BCUT2D eigenvalue weighted by atomic mass is 10.0. The quantitative estimate of drug-likeness (QED) is 0.340. The summed E-state index contributed by atoms with van der Waals surface area (Å²) in [6.07, 6.45) is 2.28. The first kappa shape index (κ1) is 28.9. The Labute approximate surface area is 217 Å². The second-order valence-corrected chi connectivity index (χ2v) is 19.0. The molecule has 2 N–H and O–H groups in total. The van der Waals surface area contributed by atoms with Crippen LogP contribution in [-0.4, -0.2) is 27.8 Å². The molecule has 0 saturated heterocycles. The molecule has 0 aliphatic rings. The van der Waals surface area contributed by atoms with Gasteiger partial charge in [0.1, 0.15) is 11.5 Å². The fourth-order valence-corrected chi connectivity index (χ4v) is 7.43. The van der Waals surface area contributed by atoms with Gasteiger partial charge in [0.15, 0.2) is 0 Å². The van der Waals surface area contributed by atoms with Crippen LogP contribution in [-0.2, 0) is 12.8 Å². The Morgan fingerprint density at radius 1 is 0.657 bits per heavy atom. The first-order valence-electron chi connectivity index (χ1n) is 12.9. The molecule has 4 heteroatoms. The second kappa shape index (κ2) is 12.6. The maximum Gasteiger partial charge on any atom is 0.121 e. The Kier molecular flexibility index (Phi) is 10.4. The van der Waals surface area contributed by atoms with E-state index < -0.39 is 8.07 Å². The van der Waals surface area contributed by atoms with Crippen LogP contribution < -0.4 is 5.19 Å². The van der Waals surface area contributed by atoms with Gasteiger partial charge in [0, 0.05) is 8.07 Å². The second-order valence-electron chi connectivity index (χ2n) is 11.4. The van der Waals surface area contributed by atoms with Crippen molar-refractivity contribution in [1.29, 1.82) is 0 Å². The first-order valence-corrected chi connectivity index (χ1v) is 18.3. The number of hydrogen-bond acceptors (Lipinski definition) is 2. The van der Waals surface area contributed by atoms with Gasteiger partial charge in [-0.05, 0) is 98.9 Å². The summed E-state index contributed by atoms with van der Waals surface area (Å²) in [5.41, 5.74) is 9.60. The lowest BCUT2D eigenvalue weighted by molar-refractivity contribution is 0.466. The van der Waals surface area contributed by atoms with E-state index in [0.717, 1.165) is 35.1 Å². The van der Waals surface area contributed by atoms with E-state index in [1.807, 2.05) is 27.7 Å². The van der Waals surface area contributed by atoms with Crippen molar-refractivity contribution < 1.29 is 10.2 Å². The van der Waals surface area contributed by atoms with Crippen molar-refractivity contribution in [2.24, 2.45) is 0 Å². The summed E-state index contributed by atoms with van der Waals surface area (Å²) in [4.78, 5) is 0. The number of rotatable bonds is 7. The monoisotopic (exact) mass is 506 g/mol. The van der Waals surface area contributed by atoms with E-state index in [4.69, 9.17) is 0 Å². The van der Waals surface area contributed by atoms with Crippen LogP contribution in [0.2, 0.25) is 31.7 Å². The highest BCUT2D eigenvalue weighted by Gasteiger charge is 2.13. The zero-order valence-corrected chi connectivity index (χ0v) is 25.9. The van der Waals surface area contributed by atoms with Crippen LogP contribution in [0.5, 0.6) is 11.5 Å². The Morgan fingerprint density at radius 3 is 1.57 bits per heavy atom. The van der Waals surface area contributed by atoms with E-state index in [2.05, 4.69) is 76.0 Å². The zero-order chi connectivity index (χ0) is 26.3. The molecule has 190 valence electrons. The highest BCUT2D eigenvalue weighted by molar-refractivity contribution is 6.76. The molecule has 3 aromatic carbocycles. The molecule has 0 amide bonds. The Hall–Kier alpha value is -2.31. The predicted octanol–water partition coefficient (Wildman–Crippen LogP) is 6.97. The highest BCUT2D eigenvalue weighted by atomic mass is 28.3. The largest absolute Gasteiger partial charge is 0.507 e. The molecular weight excluding hydrogens is 461 g/mol. The summed E-state index contributed by atoms with van der Waals surface area (Å²) in [6, 6.07) is 17.7. The van der Waals surface area contributed by atoms with Gasteiger partial charge in [0.25, 0.3) is 0 Å². The van der Waals surface area contributed by atoms with Gasteiger partial charge in [-0.25, -0.2) is 0 Å².